The van der Waals surface area contributed by atoms with Gasteiger partial charge >= 0.3 is 11.9 Å². The molecule has 4 nitrogen and oxygen atoms in total. The van der Waals surface area contributed by atoms with Gasteiger partial charge in [-0.05, 0) is 29.1 Å². The van der Waals surface area contributed by atoms with Crippen molar-refractivity contribution in [2.24, 2.45) is 0 Å². The predicted molar refractivity (Wildman–Crippen MR) is 68.0 cm³/mol. The lowest BCUT2D eigenvalue weighted by atomic mass is 10.1. The molecule has 1 N–H and O–H groups in total. The number of carboxylic acids is 1. The van der Waals surface area contributed by atoms with Crippen LogP contribution < -0.4 is 0 Å². The highest BCUT2D eigenvalue weighted by Gasteiger charge is 2.14. The van der Waals surface area contributed by atoms with Crippen LogP contribution in [0.5, 0.6) is 0 Å². The fourth-order valence-electron chi connectivity index (χ4n) is 1.57. The molecule has 0 aliphatic heterocycles. The van der Waals surface area contributed by atoms with Crippen LogP contribution in [0, 0.1) is 5.82 Å². The third-order valence-electron chi connectivity index (χ3n) is 2.51. The van der Waals surface area contributed by atoms with E-state index in [-0.39, 0.29) is 11.1 Å². The van der Waals surface area contributed by atoms with Crippen LogP contribution in [0.4, 0.5) is 4.39 Å². The van der Waals surface area contributed by atoms with E-state index in [1.165, 1.54) is 25.3 Å². The lowest BCUT2D eigenvalue weighted by molar-refractivity contribution is 0.0605. The summed E-state index contributed by atoms with van der Waals surface area (Å²) in [4.78, 5) is 22.4. The van der Waals surface area contributed by atoms with Crippen molar-refractivity contribution in [1.29, 1.82) is 0 Å². The molecule has 19 heavy (non-hydrogen) atoms. The molecule has 0 radical (unpaired) electrons. The van der Waals surface area contributed by atoms with Crippen molar-refractivity contribution in [1.82, 2.24) is 0 Å². The number of thiophene rings is 1. The smallest absolute Gasteiger partial charge is 0.348 e. The van der Waals surface area contributed by atoms with Crippen LogP contribution >= 0.6 is 11.3 Å². The lowest BCUT2D eigenvalue weighted by Crippen LogP contribution is -1.98. The van der Waals surface area contributed by atoms with Gasteiger partial charge in [-0.1, -0.05) is 6.07 Å². The van der Waals surface area contributed by atoms with E-state index in [4.69, 9.17) is 5.11 Å². The SMILES string of the molecule is COC(=O)c1cc(-c2ccc(C(=O)O)cc2F)cs1. The van der Waals surface area contributed by atoms with Gasteiger partial charge in [-0.15, -0.1) is 11.3 Å². The van der Waals surface area contributed by atoms with E-state index in [0.29, 0.717) is 10.4 Å². The maximum Gasteiger partial charge on any atom is 0.348 e. The van der Waals surface area contributed by atoms with Gasteiger partial charge in [0.15, 0.2) is 0 Å². The number of hydrogen-bond acceptors (Lipinski definition) is 4. The number of hydrogen-bond donors (Lipinski definition) is 1. The fourth-order valence-corrected chi connectivity index (χ4v) is 2.39. The van der Waals surface area contributed by atoms with Crippen molar-refractivity contribution in [3.05, 3.63) is 45.9 Å². The summed E-state index contributed by atoms with van der Waals surface area (Å²) in [5.41, 5.74) is 0.640. The van der Waals surface area contributed by atoms with E-state index < -0.39 is 17.8 Å². The van der Waals surface area contributed by atoms with Crippen LogP contribution in [0.15, 0.2) is 29.6 Å². The zero-order valence-corrected chi connectivity index (χ0v) is 10.7. The van der Waals surface area contributed by atoms with E-state index in [9.17, 15) is 14.0 Å². The van der Waals surface area contributed by atoms with Crippen molar-refractivity contribution >= 4 is 23.3 Å². The minimum absolute atomic E-state index is 0.121. The van der Waals surface area contributed by atoms with Gasteiger partial charge in [-0.25, -0.2) is 14.0 Å². The molecule has 0 saturated heterocycles. The average Bonchev–Trinajstić information content (AvgIpc) is 2.87. The van der Waals surface area contributed by atoms with Gasteiger partial charge in [0.2, 0.25) is 0 Å². The highest BCUT2D eigenvalue weighted by Crippen LogP contribution is 2.28. The third-order valence-corrected chi connectivity index (χ3v) is 3.42. The molecule has 1 aromatic carbocycles. The van der Waals surface area contributed by atoms with Crippen molar-refractivity contribution in [3.63, 3.8) is 0 Å². The number of esters is 1. The van der Waals surface area contributed by atoms with Crippen LogP contribution in [0.2, 0.25) is 0 Å². The zero-order valence-electron chi connectivity index (χ0n) is 9.84. The first-order chi connectivity index (χ1) is 9.02. The second-order valence-electron chi connectivity index (χ2n) is 3.69. The third kappa shape index (κ3) is 2.63. The standard InChI is InChI=1S/C13H9FO4S/c1-18-13(17)11-5-8(6-19-11)9-3-2-7(12(15)16)4-10(9)14/h2-6H,1H3,(H,15,16). The largest absolute Gasteiger partial charge is 0.478 e. The number of halogens is 1. The average molecular weight is 280 g/mol. The Morgan fingerprint density at radius 3 is 2.63 bits per heavy atom. The Labute approximate surface area is 112 Å². The van der Waals surface area contributed by atoms with Crippen LogP contribution in [0.1, 0.15) is 20.0 Å². The van der Waals surface area contributed by atoms with E-state index >= 15 is 0 Å². The van der Waals surface area contributed by atoms with Crippen LogP contribution in [0.25, 0.3) is 11.1 Å². The second-order valence-corrected chi connectivity index (χ2v) is 4.60. The topological polar surface area (TPSA) is 63.6 Å². The Balaban J connectivity index is 2.39. The minimum Gasteiger partial charge on any atom is -0.478 e. The van der Waals surface area contributed by atoms with Crippen molar-refractivity contribution < 1.29 is 23.8 Å². The molecule has 0 atom stereocenters. The maximum atomic E-state index is 13.8. The van der Waals surface area contributed by atoms with Crippen molar-refractivity contribution in [2.45, 2.75) is 0 Å². The molecule has 0 aliphatic rings. The first-order valence-electron chi connectivity index (χ1n) is 5.23. The summed E-state index contributed by atoms with van der Waals surface area (Å²) in [6.07, 6.45) is 0. The van der Waals surface area contributed by atoms with Gasteiger partial charge in [-0.3, -0.25) is 0 Å². The molecule has 98 valence electrons. The van der Waals surface area contributed by atoms with Crippen LogP contribution in [0.3, 0.4) is 0 Å². The molecule has 2 rings (SSSR count). The molecular formula is C13H9FO4S. The van der Waals surface area contributed by atoms with E-state index in [1.54, 1.807) is 5.38 Å². The quantitative estimate of drug-likeness (QED) is 0.878. The summed E-state index contributed by atoms with van der Waals surface area (Å²) in [5.74, 6) is -2.32. The van der Waals surface area contributed by atoms with Gasteiger partial charge in [0, 0.05) is 5.56 Å². The fraction of sp³-hybridized carbons (Fsp3) is 0.0769. The van der Waals surface area contributed by atoms with Gasteiger partial charge < -0.3 is 9.84 Å². The zero-order chi connectivity index (χ0) is 14.0. The Kier molecular flexibility index (Phi) is 3.62. The Hall–Kier alpha value is -2.21. The summed E-state index contributed by atoms with van der Waals surface area (Å²) < 4.78 is 18.4. The van der Waals surface area contributed by atoms with Gasteiger partial charge in [0.1, 0.15) is 10.7 Å². The molecule has 0 spiro atoms. The Bertz CT molecular complexity index is 648. The monoisotopic (exact) mass is 280 g/mol. The van der Waals surface area contributed by atoms with E-state index in [0.717, 1.165) is 17.4 Å². The number of aromatic carboxylic acids is 1. The van der Waals surface area contributed by atoms with Crippen LogP contribution in [-0.2, 0) is 4.74 Å². The second kappa shape index (κ2) is 5.19. The van der Waals surface area contributed by atoms with Crippen molar-refractivity contribution in [2.75, 3.05) is 7.11 Å². The molecule has 0 bridgehead atoms. The van der Waals surface area contributed by atoms with Crippen molar-refractivity contribution in [3.8, 4) is 11.1 Å². The number of carbonyl (C=O) groups excluding carboxylic acids is 1. The molecule has 0 unspecified atom stereocenters. The molecule has 0 fully saturated rings. The molecular weight excluding hydrogens is 271 g/mol. The van der Waals surface area contributed by atoms with E-state index in [2.05, 4.69) is 4.74 Å². The number of carbonyl (C=O) groups is 2. The summed E-state index contributed by atoms with van der Waals surface area (Å²) in [7, 11) is 1.27. The first-order valence-corrected chi connectivity index (χ1v) is 6.11. The molecule has 0 saturated carbocycles. The highest BCUT2D eigenvalue weighted by atomic mass is 32.1. The highest BCUT2D eigenvalue weighted by molar-refractivity contribution is 7.12. The molecule has 2 aromatic rings. The summed E-state index contributed by atoms with van der Waals surface area (Å²) in [5, 5.41) is 10.4. The molecule has 6 heteroatoms. The molecule has 1 aromatic heterocycles. The number of methoxy groups -OCH3 is 1. The van der Waals surface area contributed by atoms with E-state index in [1.807, 2.05) is 0 Å². The summed E-state index contributed by atoms with van der Waals surface area (Å²) >= 11 is 1.14. The molecule has 1 heterocycles. The Morgan fingerprint density at radius 1 is 1.32 bits per heavy atom. The molecule has 0 amide bonds. The van der Waals surface area contributed by atoms with Crippen LogP contribution in [-0.4, -0.2) is 24.2 Å². The maximum absolute atomic E-state index is 13.8. The van der Waals surface area contributed by atoms with Gasteiger partial charge in [0.25, 0.3) is 0 Å². The number of ether oxygens (including phenoxy) is 1. The van der Waals surface area contributed by atoms with Gasteiger partial charge in [-0.2, -0.15) is 0 Å². The van der Waals surface area contributed by atoms with Gasteiger partial charge in [0.05, 0.1) is 12.7 Å². The normalized spacial score (nSPS) is 10.2. The Morgan fingerprint density at radius 2 is 2.05 bits per heavy atom. The first kappa shape index (κ1) is 13.2. The summed E-state index contributed by atoms with van der Waals surface area (Å²) in [6.45, 7) is 0. The lowest BCUT2D eigenvalue weighted by Gasteiger charge is -2.01. The minimum atomic E-state index is -1.19. The molecule has 0 aliphatic carbocycles. The predicted octanol–water partition coefficient (Wildman–Crippen LogP) is 3.04. The number of benzene rings is 1. The number of rotatable bonds is 3. The summed E-state index contributed by atoms with van der Waals surface area (Å²) in [6, 6.07) is 5.15. The number of carboxylic acid groups (broad SMARTS) is 1.